The lowest BCUT2D eigenvalue weighted by atomic mass is 10.1. The van der Waals surface area contributed by atoms with Crippen molar-refractivity contribution in [3.05, 3.63) is 54.1 Å². The molecule has 0 N–H and O–H groups in total. The standard InChI is InChI=1S/C22H24N2O4/c1-23(14-18-15-27-19-5-2-3-6-20(19)28-18)22(26)13-16-8-10-17(11-9-16)24-12-4-7-21(24)25/h2-3,5-6,8-11,18H,4,7,12-15H2,1H3/t18-/m0/s1. The van der Waals surface area contributed by atoms with Crippen LogP contribution in [0.4, 0.5) is 5.69 Å². The molecule has 0 bridgehead atoms. The number of hydrogen-bond acceptors (Lipinski definition) is 4. The van der Waals surface area contributed by atoms with Crippen LogP contribution in [0.5, 0.6) is 11.5 Å². The van der Waals surface area contributed by atoms with E-state index < -0.39 is 0 Å². The Hall–Kier alpha value is -3.02. The van der Waals surface area contributed by atoms with E-state index >= 15 is 0 Å². The van der Waals surface area contributed by atoms with Gasteiger partial charge in [0.25, 0.3) is 0 Å². The maximum absolute atomic E-state index is 12.6. The fraction of sp³-hybridized carbons (Fsp3) is 0.364. The number of carbonyl (C=O) groups is 2. The van der Waals surface area contributed by atoms with Gasteiger partial charge in [-0.3, -0.25) is 9.59 Å². The van der Waals surface area contributed by atoms with Gasteiger partial charge < -0.3 is 19.3 Å². The highest BCUT2D eigenvalue weighted by atomic mass is 16.6. The summed E-state index contributed by atoms with van der Waals surface area (Å²) >= 11 is 0. The topological polar surface area (TPSA) is 59.1 Å². The Morgan fingerprint density at radius 2 is 1.89 bits per heavy atom. The Morgan fingerprint density at radius 1 is 1.14 bits per heavy atom. The summed E-state index contributed by atoms with van der Waals surface area (Å²) in [7, 11) is 1.78. The third-order valence-electron chi connectivity index (χ3n) is 5.15. The van der Waals surface area contributed by atoms with Crippen LogP contribution < -0.4 is 14.4 Å². The molecular weight excluding hydrogens is 356 g/mol. The van der Waals surface area contributed by atoms with Gasteiger partial charge in [0, 0.05) is 25.7 Å². The van der Waals surface area contributed by atoms with Crippen LogP contribution in [0.3, 0.4) is 0 Å². The zero-order valence-corrected chi connectivity index (χ0v) is 16.0. The van der Waals surface area contributed by atoms with Gasteiger partial charge in [0.2, 0.25) is 11.8 Å². The van der Waals surface area contributed by atoms with Crippen LogP contribution in [0, 0.1) is 0 Å². The van der Waals surface area contributed by atoms with Gasteiger partial charge in [-0.1, -0.05) is 24.3 Å². The highest BCUT2D eigenvalue weighted by Gasteiger charge is 2.24. The molecule has 146 valence electrons. The first-order chi connectivity index (χ1) is 13.6. The molecule has 28 heavy (non-hydrogen) atoms. The summed E-state index contributed by atoms with van der Waals surface area (Å²) in [6.45, 7) is 1.66. The quantitative estimate of drug-likeness (QED) is 0.800. The minimum absolute atomic E-state index is 0.0208. The molecule has 6 nitrogen and oxygen atoms in total. The number of amides is 2. The predicted molar refractivity (Wildman–Crippen MR) is 106 cm³/mol. The van der Waals surface area contributed by atoms with Crippen LogP contribution in [0.2, 0.25) is 0 Å². The molecule has 2 aromatic rings. The van der Waals surface area contributed by atoms with Gasteiger partial charge in [-0.05, 0) is 36.2 Å². The third-order valence-corrected chi connectivity index (χ3v) is 5.15. The predicted octanol–water partition coefficient (Wildman–Crippen LogP) is 2.65. The highest BCUT2D eigenvalue weighted by Crippen LogP contribution is 2.31. The molecule has 0 spiro atoms. The van der Waals surface area contributed by atoms with Crippen LogP contribution >= 0.6 is 0 Å². The Morgan fingerprint density at radius 3 is 2.61 bits per heavy atom. The van der Waals surface area contributed by atoms with Crippen molar-refractivity contribution >= 4 is 17.5 Å². The van der Waals surface area contributed by atoms with E-state index in [1.54, 1.807) is 16.8 Å². The summed E-state index contributed by atoms with van der Waals surface area (Å²) in [6.07, 6.45) is 1.64. The van der Waals surface area contributed by atoms with E-state index in [0.29, 0.717) is 31.7 Å². The number of nitrogens with zero attached hydrogens (tertiary/aromatic N) is 2. The van der Waals surface area contributed by atoms with Crippen molar-refractivity contribution in [1.82, 2.24) is 4.90 Å². The number of hydrogen-bond donors (Lipinski definition) is 0. The molecule has 2 aliphatic heterocycles. The summed E-state index contributed by atoms with van der Waals surface area (Å²) in [5, 5.41) is 0. The molecule has 1 saturated heterocycles. The lowest BCUT2D eigenvalue weighted by Crippen LogP contribution is -2.42. The first kappa shape index (κ1) is 18.3. The molecule has 4 rings (SSSR count). The third kappa shape index (κ3) is 3.96. The average molecular weight is 380 g/mol. The molecule has 6 heteroatoms. The molecule has 1 fully saturated rings. The minimum Gasteiger partial charge on any atom is -0.486 e. The second-order valence-corrected chi connectivity index (χ2v) is 7.26. The maximum Gasteiger partial charge on any atom is 0.227 e. The number of likely N-dealkylation sites (N-methyl/N-ethyl adjacent to an activating group) is 1. The van der Waals surface area contributed by atoms with Crippen LogP contribution in [0.15, 0.2) is 48.5 Å². The fourth-order valence-corrected chi connectivity index (χ4v) is 3.58. The summed E-state index contributed by atoms with van der Waals surface area (Å²) in [5.74, 6) is 1.64. The summed E-state index contributed by atoms with van der Waals surface area (Å²) in [6, 6.07) is 15.2. The molecule has 2 aliphatic rings. The largest absolute Gasteiger partial charge is 0.486 e. The van der Waals surface area contributed by atoms with E-state index in [1.165, 1.54) is 0 Å². The monoisotopic (exact) mass is 380 g/mol. The number of ether oxygens (including phenoxy) is 2. The SMILES string of the molecule is CN(C[C@H]1COc2ccccc2O1)C(=O)Cc1ccc(N2CCCC2=O)cc1. The van der Waals surface area contributed by atoms with Crippen LogP contribution in [0.1, 0.15) is 18.4 Å². The molecule has 0 radical (unpaired) electrons. The van der Waals surface area contributed by atoms with E-state index in [9.17, 15) is 9.59 Å². The van der Waals surface area contributed by atoms with Crippen molar-refractivity contribution in [2.75, 3.05) is 31.6 Å². The van der Waals surface area contributed by atoms with Crippen molar-refractivity contribution in [3.63, 3.8) is 0 Å². The smallest absolute Gasteiger partial charge is 0.227 e. The maximum atomic E-state index is 12.6. The van der Waals surface area contributed by atoms with Gasteiger partial charge in [0.05, 0.1) is 13.0 Å². The first-order valence-electron chi connectivity index (χ1n) is 9.62. The molecule has 2 aromatic carbocycles. The Labute approximate surface area is 164 Å². The first-order valence-corrected chi connectivity index (χ1v) is 9.62. The number of anilines is 1. The van der Waals surface area contributed by atoms with E-state index in [4.69, 9.17) is 9.47 Å². The molecule has 0 aliphatic carbocycles. The van der Waals surface area contributed by atoms with E-state index in [0.717, 1.165) is 30.0 Å². The van der Waals surface area contributed by atoms with Crippen LogP contribution in [0.25, 0.3) is 0 Å². The van der Waals surface area contributed by atoms with Gasteiger partial charge in [-0.15, -0.1) is 0 Å². The highest BCUT2D eigenvalue weighted by molar-refractivity contribution is 5.95. The molecule has 0 unspecified atom stereocenters. The molecule has 2 heterocycles. The van der Waals surface area contributed by atoms with E-state index in [-0.39, 0.29) is 17.9 Å². The Bertz CT molecular complexity index is 865. The number of carbonyl (C=O) groups excluding carboxylic acids is 2. The molecular formula is C22H24N2O4. The molecule has 1 atom stereocenters. The van der Waals surface area contributed by atoms with E-state index in [2.05, 4.69) is 0 Å². The Balaban J connectivity index is 1.31. The van der Waals surface area contributed by atoms with Gasteiger partial charge in [0.1, 0.15) is 6.61 Å². The second-order valence-electron chi connectivity index (χ2n) is 7.26. The van der Waals surface area contributed by atoms with Gasteiger partial charge in [-0.25, -0.2) is 0 Å². The van der Waals surface area contributed by atoms with Crippen molar-refractivity contribution in [1.29, 1.82) is 0 Å². The minimum atomic E-state index is -0.188. The molecule has 2 amide bonds. The van der Waals surface area contributed by atoms with Crippen molar-refractivity contribution in [3.8, 4) is 11.5 Å². The summed E-state index contributed by atoms with van der Waals surface area (Å²) in [4.78, 5) is 27.9. The number of benzene rings is 2. The van der Waals surface area contributed by atoms with Crippen LogP contribution in [-0.4, -0.2) is 49.6 Å². The van der Waals surface area contributed by atoms with Crippen molar-refractivity contribution in [2.45, 2.75) is 25.4 Å². The number of fused-ring (bicyclic) bond motifs is 1. The van der Waals surface area contributed by atoms with Crippen LogP contribution in [-0.2, 0) is 16.0 Å². The normalized spacial score (nSPS) is 18.2. The number of para-hydroxylation sites is 2. The second kappa shape index (κ2) is 7.92. The lowest BCUT2D eigenvalue weighted by molar-refractivity contribution is -0.130. The zero-order chi connectivity index (χ0) is 19.5. The summed E-state index contributed by atoms with van der Waals surface area (Å²) < 4.78 is 11.6. The van der Waals surface area contributed by atoms with Gasteiger partial charge >= 0.3 is 0 Å². The molecule has 0 aromatic heterocycles. The summed E-state index contributed by atoms with van der Waals surface area (Å²) in [5.41, 5.74) is 1.83. The van der Waals surface area contributed by atoms with Gasteiger partial charge in [0.15, 0.2) is 17.6 Å². The molecule has 0 saturated carbocycles. The lowest BCUT2D eigenvalue weighted by Gasteiger charge is -2.29. The van der Waals surface area contributed by atoms with Crippen molar-refractivity contribution in [2.24, 2.45) is 0 Å². The Kier molecular flexibility index (Phi) is 5.19. The van der Waals surface area contributed by atoms with Crippen molar-refractivity contribution < 1.29 is 19.1 Å². The number of rotatable bonds is 5. The zero-order valence-electron chi connectivity index (χ0n) is 16.0. The average Bonchev–Trinajstić information content (AvgIpc) is 3.14. The van der Waals surface area contributed by atoms with Gasteiger partial charge in [-0.2, -0.15) is 0 Å². The van der Waals surface area contributed by atoms with E-state index in [1.807, 2.05) is 48.5 Å². The fourth-order valence-electron chi connectivity index (χ4n) is 3.58.